The Bertz CT molecular complexity index is 936. The number of rotatable bonds is 14. The molecule has 10 atom stereocenters. The van der Waals surface area contributed by atoms with E-state index in [0.29, 0.717) is 0 Å². The SMILES string of the molecule is CCC1C[N+](C)(C)CC1CCC1C[N+](C)(C)CC1CCC1C[N+](C)(C)CC1CCC1C[N+](C)(C)CC1CCC1C[N+](C)(C)CC1CC. The Morgan fingerprint density at radius 2 is 0.383 bits per heavy atom. The van der Waals surface area contributed by atoms with Gasteiger partial charge in [0.05, 0.1) is 136 Å². The van der Waals surface area contributed by atoms with Crippen LogP contribution in [-0.2, 0) is 0 Å². The molecule has 5 aliphatic heterocycles. The first kappa shape index (κ1) is 38.0. The van der Waals surface area contributed by atoms with Gasteiger partial charge in [-0.3, -0.25) is 0 Å². The summed E-state index contributed by atoms with van der Waals surface area (Å²) in [6.07, 6.45) is 14.8. The van der Waals surface area contributed by atoms with Crippen molar-refractivity contribution >= 4 is 0 Å². The van der Waals surface area contributed by atoms with Crippen LogP contribution in [0.3, 0.4) is 0 Å². The van der Waals surface area contributed by atoms with E-state index < -0.39 is 0 Å². The molecule has 0 bridgehead atoms. The van der Waals surface area contributed by atoms with Gasteiger partial charge in [0.1, 0.15) is 0 Å². The highest BCUT2D eigenvalue weighted by molar-refractivity contribution is 4.86. The van der Waals surface area contributed by atoms with Crippen LogP contribution in [0.2, 0.25) is 0 Å². The zero-order valence-electron chi connectivity index (χ0n) is 34.2. The van der Waals surface area contributed by atoms with E-state index in [1.807, 2.05) is 0 Å². The van der Waals surface area contributed by atoms with Gasteiger partial charge < -0.3 is 22.4 Å². The molecule has 0 aromatic carbocycles. The van der Waals surface area contributed by atoms with Gasteiger partial charge in [-0.15, -0.1) is 0 Å². The van der Waals surface area contributed by atoms with Gasteiger partial charge in [-0.1, -0.05) is 13.8 Å². The second-order valence-electron chi connectivity index (χ2n) is 22.2. The van der Waals surface area contributed by atoms with Crippen molar-refractivity contribution in [1.29, 1.82) is 0 Å². The molecule has 5 rings (SSSR count). The van der Waals surface area contributed by atoms with Crippen LogP contribution in [0.1, 0.15) is 78.1 Å². The Kier molecular flexibility index (Phi) is 11.7. The lowest BCUT2D eigenvalue weighted by atomic mass is 9.78. The first-order valence-electron chi connectivity index (χ1n) is 20.9. The summed E-state index contributed by atoms with van der Waals surface area (Å²) in [5.74, 6) is 9.55. The van der Waals surface area contributed by atoms with E-state index in [4.69, 9.17) is 0 Å². The smallest absolute Gasteiger partial charge is 0.0816 e. The third-order valence-corrected chi connectivity index (χ3v) is 15.3. The van der Waals surface area contributed by atoms with Crippen molar-refractivity contribution in [3.05, 3.63) is 0 Å². The van der Waals surface area contributed by atoms with Crippen molar-refractivity contribution < 1.29 is 22.4 Å². The van der Waals surface area contributed by atoms with E-state index in [0.717, 1.165) is 59.2 Å². The fraction of sp³-hybridized carbons (Fsp3) is 1.00. The van der Waals surface area contributed by atoms with Crippen molar-refractivity contribution in [3.8, 4) is 0 Å². The molecule has 5 heterocycles. The first-order chi connectivity index (χ1) is 21.8. The minimum absolute atomic E-state index is 0.949. The maximum atomic E-state index is 2.54. The Morgan fingerprint density at radius 1 is 0.255 bits per heavy atom. The van der Waals surface area contributed by atoms with Gasteiger partial charge in [0.2, 0.25) is 0 Å². The number of hydrogen-bond acceptors (Lipinski definition) is 0. The van der Waals surface area contributed by atoms with Crippen molar-refractivity contribution in [1.82, 2.24) is 0 Å². The summed E-state index contributed by atoms with van der Waals surface area (Å²) in [4.78, 5) is 0. The van der Waals surface area contributed by atoms with Gasteiger partial charge in [0.15, 0.2) is 0 Å². The Hall–Kier alpha value is -0.200. The van der Waals surface area contributed by atoms with Crippen LogP contribution in [0.25, 0.3) is 0 Å². The highest BCUT2D eigenvalue weighted by Crippen LogP contribution is 2.43. The molecule has 10 unspecified atom stereocenters. The Morgan fingerprint density at radius 3 is 0.532 bits per heavy atom. The highest BCUT2D eigenvalue weighted by Gasteiger charge is 2.47. The van der Waals surface area contributed by atoms with Crippen molar-refractivity contribution in [2.75, 3.05) is 136 Å². The van der Waals surface area contributed by atoms with Gasteiger partial charge in [0, 0.05) is 59.2 Å². The molecular formula is C42H86N5+5. The number of hydrogen-bond donors (Lipinski definition) is 0. The third kappa shape index (κ3) is 9.99. The van der Waals surface area contributed by atoms with E-state index in [2.05, 4.69) is 84.3 Å². The van der Waals surface area contributed by atoms with Crippen LogP contribution in [0, 0.1) is 59.2 Å². The van der Waals surface area contributed by atoms with Crippen molar-refractivity contribution in [3.63, 3.8) is 0 Å². The van der Waals surface area contributed by atoms with Crippen LogP contribution < -0.4 is 0 Å². The predicted octanol–water partition coefficient (Wildman–Crippen LogP) is 6.54. The summed E-state index contributed by atoms with van der Waals surface area (Å²) in [7, 11) is 25.1. The summed E-state index contributed by atoms with van der Waals surface area (Å²) >= 11 is 0. The molecule has 47 heavy (non-hydrogen) atoms. The fourth-order valence-electron chi connectivity index (χ4n) is 13.5. The van der Waals surface area contributed by atoms with Crippen molar-refractivity contribution in [2.45, 2.75) is 78.1 Å². The lowest BCUT2D eigenvalue weighted by molar-refractivity contribution is -0.881. The monoisotopic (exact) mass is 661 g/mol. The molecule has 5 saturated heterocycles. The second kappa shape index (κ2) is 14.4. The van der Waals surface area contributed by atoms with Crippen LogP contribution in [0.15, 0.2) is 0 Å². The molecule has 0 aromatic heterocycles. The number of quaternary nitrogens is 5. The maximum absolute atomic E-state index is 2.54. The van der Waals surface area contributed by atoms with Crippen molar-refractivity contribution in [2.24, 2.45) is 59.2 Å². The summed E-state index contributed by atoms with van der Waals surface area (Å²) in [5, 5.41) is 0. The molecule has 0 N–H and O–H groups in total. The zero-order valence-corrected chi connectivity index (χ0v) is 34.2. The number of nitrogens with zero attached hydrogens (tertiary/aromatic N) is 5. The third-order valence-electron chi connectivity index (χ3n) is 15.3. The molecule has 5 aliphatic rings. The van der Waals surface area contributed by atoms with Crippen LogP contribution in [-0.4, -0.2) is 158 Å². The van der Waals surface area contributed by atoms with Crippen LogP contribution >= 0.6 is 0 Å². The molecule has 0 spiro atoms. The normalized spacial score (nSPS) is 41.6. The van der Waals surface area contributed by atoms with Gasteiger partial charge in [-0.25, -0.2) is 0 Å². The van der Waals surface area contributed by atoms with Gasteiger partial charge in [-0.05, 0) is 64.2 Å². The predicted molar refractivity (Wildman–Crippen MR) is 202 cm³/mol. The molecule has 5 nitrogen and oxygen atoms in total. The van der Waals surface area contributed by atoms with Crippen LogP contribution in [0.5, 0.6) is 0 Å². The molecule has 5 fully saturated rings. The first-order valence-corrected chi connectivity index (χ1v) is 20.9. The van der Waals surface area contributed by atoms with Gasteiger partial charge in [-0.2, -0.15) is 0 Å². The molecule has 0 radical (unpaired) electrons. The standard InChI is InChI=1S/C42H86N5/c1-13-33-23-43(3,4)25-35(33)15-17-37-27-45(7,8)29-39(37)19-21-41-31-47(11,12)32-42(41)22-20-40-30-46(9,10)28-38(40)18-16-36-26-44(5,6)24-34(36)14-2/h33-42H,13-32H2,1-12H3/q+5. The average Bonchev–Trinajstić information content (AvgIpc) is 3.69. The molecule has 0 amide bonds. The van der Waals surface area contributed by atoms with E-state index in [-0.39, 0.29) is 0 Å². The van der Waals surface area contributed by atoms with E-state index in [1.54, 1.807) is 0 Å². The maximum Gasteiger partial charge on any atom is 0.0816 e. The molecule has 0 aromatic rings. The molecular weight excluding hydrogens is 574 g/mol. The number of likely N-dealkylation sites (tertiary alicyclic amines) is 5. The second-order valence-corrected chi connectivity index (χ2v) is 22.2. The lowest BCUT2D eigenvalue weighted by Gasteiger charge is -2.24. The molecule has 0 aliphatic carbocycles. The molecule has 274 valence electrons. The molecule has 0 saturated carbocycles. The highest BCUT2D eigenvalue weighted by atomic mass is 15.4. The summed E-state index contributed by atoms with van der Waals surface area (Å²) in [5.41, 5.74) is 0. The summed E-state index contributed by atoms with van der Waals surface area (Å²) < 4.78 is 6.31. The quantitative estimate of drug-likeness (QED) is 0.186. The van der Waals surface area contributed by atoms with Gasteiger partial charge >= 0.3 is 0 Å². The lowest BCUT2D eigenvalue weighted by Crippen LogP contribution is -2.37. The average molecular weight is 661 g/mol. The Balaban J connectivity index is 1.15. The Labute approximate surface area is 295 Å². The minimum Gasteiger partial charge on any atom is -0.328 e. The topological polar surface area (TPSA) is 0 Å². The van der Waals surface area contributed by atoms with E-state index in [9.17, 15) is 0 Å². The molecule has 5 heteroatoms. The fourth-order valence-corrected chi connectivity index (χ4v) is 13.5. The van der Waals surface area contributed by atoms with E-state index >= 15 is 0 Å². The summed E-state index contributed by atoms with van der Waals surface area (Å²) in [6.45, 7) is 19.1. The zero-order chi connectivity index (χ0) is 34.4. The van der Waals surface area contributed by atoms with Crippen LogP contribution in [0.4, 0.5) is 0 Å². The van der Waals surface area contributed by atoms with Gasteiger partial charge in [0.25, 0.3) is 0 Å². The summed E-state index contributed by atoms with van der Waals surface area (Å²) in [6, 6.07) is 0. The van der Waals surface area contributed by atoms with E-state index in [1.165, 1.54) is 152 Å². The minimum atomic E-state index is 0.949. The largest absolute Gasteiger partial charge is 0.328 e.